The van der Waals surface area contributed by atoms with Crippen LogP contribution in [0.3, 0.4) is 0 Å². The normalized spacial score (nSPS) is 14.2. The molecule has 1 radical (unpaired) electrons. The Morgan fingerprint density at radius 3 is 1.65 bits per heavy atom. The standard InChI is InChI=1S/C14H12F9/c1-2-3-4-9-5-7-10(8-6-9)11(15,16)12(17,18)13(19,20)14(21,22)23/h4-8H,2-3H2,1H3. The predicted octanol–water partition coefficient (Wildman–Crippen LogP) is 5.96. The van der Waals surface area contributed by atoms with Crippen molar-refractivity contribution in [3.63, 3.8) is 0 Å². The Morgan fingerprint density at radius 1 is 0.783 bits per heavy atom. The first-order valence-corrected chi connectivity index (χ1v) is 6.43. The van der Waals surface area contributed by atoms with Crippen LogP contribution in [0, 0.1) is 6.42 Å². The Morgan fingerprint density at radius 2 is 1.26 bits per heavy atom. The van der Waals surface area contributed by atoms with Crippen LogP contribution in [0.2, 0.25) is 0 Å². The second-order valence-corrected chi connectivity index (χ2v) is 4.84. The van der Waals surface area contributed by atoms with E-state index in [2.05, 4.69) is 0 Å². The Kier molecular flexibility index (Phi) is 5.33. The largest absolute Gasteiger partial charge is 0.460 e. The van der Waals surface area contributed by atoms with Gasteiger partial charge < -0.3 is 0 Å². The van der Waals surface area contributed by atoms with Crippen molar-refractivity contribution in [1.82, 2.24) is 0 Å². The number of halogens is 9. The molecule has 0 saturated carbocycles. The number of rotatable bonds is 6. The van der Waals surface area contributed by atoms with E-state index in [0.29, 0.717) is 30.5 Å². The van der Waals surface area contributed by atoms with Gasteiger partial charge in [-0.15, -0.1) is 0 Å². The molecular weight excluding hydrogens is 339 g/mol. The molecule has 1 aromatic carbocycles. The second kappa shape index (κ2) is 6.24. The third kappa shape index (κ3) is 3.42. The molecule has 0 fully saturated rings. The number of unbranched alkanes of at least 4 members (excludes halogenated alkanes) is 1. The minimum atomic E-state index is -6.88. The van der Waals surface area contributed by atoms with E-state index in [4.69, 9.17) is 0 Å². The van der Waals surface area contributed by atoms with E-state index in [1.165, 1.54) is 0 Å². The molecule has 0 N–H and O–H groups in total. The van der Waals surface area contributed by atoms with E-state index < -0.39 is 29.5 Å². The first-order valence-electron chi connectivity index (χ1n) is 6.43. The van der Waals surface area contributed by atoms with Crippen molar-refractivity contribution < 1.29 is 39.5 Å². The van der Waals surface area contributed by atoms with Crippen LogP contribution in [0.4, 0.5) is 39.5 Å². The summed E-state index contributed by atoms with van der Waals surface area (Å²) in [4.78, 5) is 0. The van der Waals surface area contributed by atoms with Crippen molar-refractivity contribution in [2.24, 2.45) is 0 Å². The summed E-state index contributed by atoms with van der Waals surface area (Å²) in [5.41, 5.74) is -1.27. The van der Waals surface area contributed by atoms with Gasteiger partial charge in [0.05, 0.1) is 0 Å². The van der Waals surface area contributed by atoms with Gasteiger partial charge >= 0.3 is 23.9 Å². The van der Waals surface area contributed by atoms with Crippen LogP contribution in [0.1, 0.15) is 30.9 Å². The highest BCUT2D eigenvalue weighted by Crippen LogP contribution is 2.56. The average Bonchev–Trinajstić information content (AvgIpc) is 2.44. The molecule has 0 saturated heterocycles. The van der Waals surface area contributed by atoms with Gasteiger partial charge in [-0.1, -0.05) is 37.6 Å². The highest BCUT2D eigenvalue weighted by atomic mass is 19.4. The molecule has 0 amide bonds. The molecule has 9 heteroatoms. The van der Waals surface area contributed by atoms with Crippen molar-refractivity contribution in [1.29, 1.82) is 0 Å². The molecule has 0 heterocycles. The minimum Gasteiger partial charge on any atom is -0.194 e. The molecule has 0 bridgehead atoms. The summed E-state index contributed by atoms with van der Waals surface area (Å²) in [5, 5.41) is 0. The Bertz CT molecular complexity index is 514. The Labute approximate surface area is 126 Å². The van der Waals surface area contributed by atoms with Crippen LogP contribution in [0.15, 0.2) is 24.3 Å². The van der Waals surface area contributed by atoms with E-state index in [9.17, 15) is 39.5 Å². The van der Waals surface area contributed by atoms with E-state index in [-0.39, 0.29) is 0 Å². The summed E-state index contributed by atoms with van der Waals surface area (Å²) in [6, 6.07) is 2.70. The fraction of sp³-hybridized carbons (Fsp3) is 0.500. The van der Waals surface area contributed by atoms with Crippen LogP contribution in [0.25, 0.3) is 0 Å². The molecule has 1 aromatic rings. The third-order valence-electron chi connectivity index (χ3n) is 3.09. The van der Waals surface area contributed by atoms with Crippen molar-refractivity contribution >= 4 is 0 Å². The van der Waals surface area contributed by atoms with Crippen molar-refractivity contribution in [3.05, 3.63) is 41.8 Å². The molecule has 23 heavy (non-hydrogen) atoms. The summed E-state index contributed by atoms with van der Waals surface area (Å²) < 4.78 is 115. The van der Waals surface area contributed by atoms with Crippen LogP contribution < -0.4 is 0 Å². The smallest absolute Gasteiger partial charge is 0.194 e. The lowest BCUT2D eigenvalue weighted by Crippen LogP contribution is -2.59. The van der Waals surface area contributed by atoms with Crippen LogP contribution in [0.5, 0.6) is 0 Å². The van der Waals surface area contributed by atoms with Crippen molar-refractivity contribution in [2.45, 2.75) is 43.7 Å². The lowest BCUT2D eigenvalue weighted by molar-refractivity contribution is -0.399. The first kappa shape index (κ1) is 19.6. The minimum absolute atomic E-state index is 0.359. The lowest BCUT2D eigenvalue weighted by atomic mass is 9.95. The lowest BCUT2D eigenvalue weighted by Gasteiger charge is -2.33. The van der Waals surface area contributed by atoms with Gasteiger partial charge in [0.1, 0.15) is 0 Å². The van der Waals surface area contributed by atoms with Gasteiger partial charge in [0, 0.05) is 5.56 Å². The predicted molar refractivity (Wildman–Crippen MR) is 64.6 cm³/mol. The summed E-state index contributed by atoms with van der Waals surface area (Å²) in [5.74, 6) is -19.2. The number of alkyl halides is 9. The van der Waals surface area contributed by atoms with Crippen molar-refractivity contribution in [3.8, 4) is 0 Å². The number of benzene rings is 1. The quantitative estimate of drug-likeness (QED) is 0.555. The molecular formula is C14H12F9. The van der Waals surface area contributed by atoms with E-state index in [1.807, 2.05) is 6.92 Å². The number of hydrogen-bond donors (Lipinski definition) is 0. The zero-order valence-corrected chi connectivity index (χ0v) is 11.7. The molecule has 0 aliphatic rings. The van der Waals surface area contributed by atoms with Crippen molar-refractivity contribution in [2.75, 3.05) is 0 Å². The molecule has 0 aliphatic carbocycles. The van der Waals surface area contributed by atoms with Gasteiger partial charge in [0.15, 0.2) is 0 Å². The molecule has 0 aliphatic heterocycles. The van der Waals surface area contributed by atoms with Crippen LogP contribution in [-0.2, 0) is 5.92 Å². The van der Waals surface area contributed by atoms with Gasteiger partial charge in [-0.3, -0.25) is 0 Å². The average molecular weight is 351 g/mol. The summed E-state index contributed by atoms with van der Waals surface area (Å²) in [6.45, 7) is 1.82. The first-order chi connectivity index (χ1) is 10.3. The summed E-state index contributed by atoms with van der Waals surface area (Å²) >= 11 is 0. The molecule has 131 valence electrons. The third-order valence-corrected chi connectivity index (χ3v) is 3.09. The number of hydrogen-bond acceptors (Lipinski definition) is 0. The zero-order chi connectivity index (χ0) is 18.1. The fourth-order valence-electron chi connectivity index (χ4n) is 1.70. The molecule has 0 unspecified atom stereocenters. The van der Waals surface area contributed by atoms with Gasteiger partial charge in [0.25, 0.3) is 0 Å². The Hall–Kier alpha value is -1.41. The SMILES string of the molecule is CCC[CH]c1ccc(C(F)(F)C(F)(F)C(F)(F)C(F)(F)F)cc1. The maximum atomic E-state index is 13.6. The highest BCUT2D eigenvalue weighted by Gasteiger charge is 2.81. The maximum Gasteiger partial charge on any atom is 0.460 e. The molecule has 0 nitrogen and oxygen atoms in total. The zero-order valence-electron chi connectivity index (χ0n) is 11.7. The van der Waals surface area contributed by atoms with Gasteiger partial charge in [0.2, 0.25) is 0 Å². The van der Waals surface area contributed by atoms with E-state index in [1.54, 1.807) is 6.42 Å². The van der Waals surface area contributed by atoms with Gasteiger partial charge in [-0.2, -0.15) is 39.5 Å². The van der Waals surface area contributed by atoms with E-state index >= 15 is 0 Å². The van der Waals surface area contributed by atoms with E-state index in [0.717, 1.165) is 12.1 Å². The topological polar surface area (TPSA) is 0 Å². The molecule has 1 rings (SSSR count). The summed E-state index contributed by atoms with van der Waals surface area (Å²) in [7, 11) is 0. The molecule has 0 aromatic heterocycles. The second-order valence-electron chi connectivity index (χ2n) is 4.84. The molecule has 0 atom stereocenters. The Balaban J connectivity index is 3.19. The maximum absolute atomic E-state index is 13.6. The fourth-order valence-corrected chi connectivity index (χ4v) is 1.70. The highest BCUT2D eigenvalue weighted by molar-refractivity contribution is 5.31. The van der Waals surface area contributed by atoms with Gasteiger partial charge in [-0.25, -0.2) is 0 Å². The van der Waals surface area contributed by atoms with Crippen LogP contribution >= 0.6 is 0 Å². The monoisotopic (exact) mass is 351 g/mol. The van der Waals surface area contributed by atoms with Gasteiger partial charge in [-0.05, 0) is 18.4 Å². The molecule has 0 spiro atoms. The van der Waals surface area contributed by atoms with Crippen LogP contribution in [-0.4, -0.2) is 18.0 Å². The summed E-state index contributed by atoms with van der Waals surface area (Å²) in [6.07, 6.45) is -3.97.